The minimum atomic E-state index is 0.730. The van der Waals surface area contributed by atoms with Gasteiger partial charge in [-0.05, 0) is 42.9 Å². The van der Waals surface area contributed by atoms with Gasteiger partial charge in [-0.2, -0.15) is 0 Å². The molecule has 0 spiro atoms. The molecule has 66 valence electrons. The molecular formula is C13H14. The Bertz CT molecular complexity index is 377. The second-order valence-electron chi connectivity index (χ2n) is 3.69. The summed E-state index contributed by atoms with van der Waals surface area (Å²) in [6.07, 6.45) is 2.50. The summed E-state index contributed by atoms with van der Waals surface area (Å²) < 4.78 is 0. The zero-order valence-electron chi connectivity index (χ0n) is 8.22. The molecular weight excluding hydrogens is 156 g/mol. The molecule has 1 aromatic carbocycles. The van der Waals surface area contributed by atoms with Crippen LogP contribution in [-0.2, 0) is 6.42 Å². The van der Waals surface area contributed by atoms with Gasteiger partial charge in [0.1, 0.15) is 0 Å². The highest BCUT2D eigenvalue weighted by Crippen LogP contribution is 2.34. The molecule has 2 rings (SSSR count). The number of fused-ring (bicyclic) bond motifs is 1. The van der Waals surface area contributed by atoms with Gasteiger partial charge in [0.2, 0.25) is 0 Å². The molecule has 0 heterocycles. The van der Waals surface area contributed by atoms with Crippen molar-refractivity contribution >= 4 is 0 Å². The monoisotopic (exact) mass is 170 g/mol. The van der Waals surface area contributed by atoms with E-state index in [1.165, 1.54) is 29.5 Å². The van der Waals surface area contributed by atoms with E-state index in [1.807, 2.05) is 6.92 Å². The fraction of sp³-hybridized carbons (Fsp3) is 0.385. The molecule has 0 N–H and O–H groups in total. The average molecular weight is 170 g/mol. The van der Waals surface area contributed by atoms with Crippen molar-refractivity contribution in [2.75, 3.05) is 0 Å². The molecule has 0 aliphatic heterocycles. The van der Waals surface area contributed by atoms with E-state index in [2.05, 4.69) is 37.0 Å². The quantitative estimate of drug-likeness (QED) is 0.525. The first-order chi connectivity index (χ1) is 6.33. The van der Waals surface area contributed by atoms with Gasteiger partial charge in [0, 0.05) is 5.56 Å². The number of rotatable bonds is 0. The third-order valence-corrected chi connectivity index (χ3v) is 2.83. The predicted molar refractivity (Wildman–Crippen MR) is 55.7 cm³/mol. The van der Waals surface area contributed by atoms with Crippen molar-refractivity contribution in [3.63, 3.8) is 0 Å². The Hall–Kier alpha value is -1.22. The minimum Gasteiger partial charge on any atom is -0.101 e. The second-order valence-corrected chi connectivity index (χ2v) is 3.69. The Morgan fingerprint density at radius 2 is 2.23 bits per heavy atom. The van der Waals surface area contributed by atoms with Gasteiger partial charge in [0.25, 0.3) is 0 Å². The number of hydrogen-bond acceptors (Lipinski definition) is 0. The Morgan fingerprint density at radius 1 is 1.38 bits per heavy atom. The Kier molecular flexibility index (Phi) is 2.10. The van der Waals surface area contributed by atoms with E-state index < -0.39 is 0 Å². The maximum Gasteiger partial charge on any atom is 0.0280 e. The van der Waals surface area contributed by atoms with Crippen LogP contribution in [-0.4, -0.2) is 0 Å². The van der Waals surface area contributed by atoms with Crippen LogP contribution in [0.2, 0.25) is 0 Å². The van der Waals surface area contributed by atoms with Crippen LogP contribution < -0.4 is 0 Å². The zero-order chi connectivity index (χ0) is 9.26. The van der Waals surface area contributed by atoms with Crippen LogP contribution in [0.1, 0.15) is 42.9 Å². The summed E-state index contributed by atoms with van der Waals surface area (Å²) in [4.78, 5) is 0. The van der Waals surface area contributed by atoms with Crippen molar-refractivity contribution < 1.29 is 0 Å². The molecule has 1 atom stereocenters. The first kappa shape index (κ1) is 8.38. The first-order valence-corrected chi connectivity index (χ1v) is 4.87. The Balaban J connectivity index is 2.54. The summed E-state index contributed by atoms with van der Waals surface area (Å²) in [6.45, 7) is 4.20. The fourth-order valence-electron chi connectivity index (χ4n) is 2.11. The summed E-state index contributed by atoms with van der Waals surface area (Å²) >= 11 is 0. The molecule has 13 heavy (non-hydrogen) atoms. The predicted octanol–water partition coefficient (Wildman–Crippen LogP) is 3.11. The van der Waals surface area contributed by atoms with Crippen LogP contribution in [0, 0.1) is 11.8 Å². The lowest BCUT2D eigenvalue weighted by atomic mass is 10.0. The lowest BCUT2D eigenvalue weighted by molar-refractivity contribution is 0.747. The zero-order valence-corrected chi connectivity index (χ0v) is 8.22. The highest BCUT2D eigenvalue weighted by atomic mass is 14.2. The van der Waals surface area contributed by atoms with Crippen molar-refractivity contribution in [3.8, 4) is 11.8 Å². The van der Waals surface area contributed by atoms with Crippen molar-refractivity contribution in [1.82, 2.24) is 0 Å². The van der Waals surface area contributed by atoms with Gasteiger partial charge >= 0.3 is 0 Å². The summed E-state index contributed by atoms with van der Waals surface area (Å²) in [5.74, 6) is 6.89. The molecule has 0 aromatic heterocycles. The summed E-state index contributed by atoms with van der Waals surface area (Å²) in [7, 11) is 0. The van der Waals surface area contributed by atoms with Gasteiger partial charge in [-0.1, -0.05) is 25.0 Å². The minimum absolute atomic E-state index is 0.730. The van der Waals surface area contributed by atoms with E-state index in [0.717, 1.165) is 5.92 Å². The molecule has 1 aliphatic rings. The third kappa shape index (κ3) is 1.35. The average Bonchev–Trinajstić information content (AvgIpc) is 2.50. The number of benzene rings is 1. The first-order valence-electron chi connectivity index (χ1n) is 4.87. The molecule has 0 fully saturated rings. The van der Waals surface area contributed by atoms with E-state index in [1.54, 1.807) is 0 Å². The van der Waals surface area contributed by atoms with E-state index >= 15 is 0 Å². The highest BCUT2D eigenvalue weighted by molar-refractivity contribution is 5.48. The summed E-state index contributed by atoms with van der Waals surface area (Å²) in [5, 5.41) is 0. The van der Waals surface area contributed by atoms with Crippen molar-refractivity contribution in [3.05, 3.63) is 34.9 Å². The molecule has 1 unspecified atom stereocenters. The second kappa shape index (κ2) is 3.26. The standard InChI is InChI=1S/C13H14/c1-3-5-11-6-4-7-12-10(2)8-9-13(11)12/h4,6-7,10H,8-9H2,1-2H3. The lowest BCUT2D eigenvalue weighted by Gasteiger charge is -2.04. The summed E-state index contributed by atoms with van der Waals surface area (Å²) in [6, 6.07) is 6.50. The Labute approximate surface area is 80.0 Å². The van der Waals surface area contributed by atoms with Crippen LogP contribution in [0.15, 0.2) is 18.2 Å². The van der Waals surface area contributed by atoms with Crippen molar-refractivity contribution in [1.29, 1.82) is 0 Å². The van der Waals surface area contributed by atoms with Crippen LogP contribution >= 0.6 is 0 Å². The SMILES string of the molecule is CC#Cc1cccc2c1CCC2C. The molecule has 0 amide bonds. The van der Waals surface area contributed by atoms with Crippen LogP contribution in [0.5, 0.6) is 0 Å². The molecule has 0 radical (unpaired) electrons. The van der Waals surface area contributed by atoms with Gasteiger partial charge in [-0.3, -0.25) is 0 Å². The maximum atomic E-state index is 3.18. The number of hydrogen-bond donors (Lipinski definition) is 0. The van der Waals surface area contributed by atoms with E-state index in [-0.39, 0.29) is 0 Å². The van der Waals surface area contributed by atoms with Crippen molar-refractivity contribution in [2.45, 2.75) is 32.6 Å². The lowest BCUT2D eigenvalue weighted by Crippen LogP contribution is -1.89. The fourth-order valence-corrected chi connectivity index (χ4v) is 2.11. The molecule has 0 bridgehead atoms. The molecule has 0 nitrogen and oxygen atoms in total. The van der Waals surface area contributed by atoms with Crippen LogP contribution in [0.4, 0.5) is 0 Å². The van der Waals surface area contributed by atoms with E-state index in [4.69, 9.17) is 0 Å². The maximum absolute atomic E-state index is 3.18. The van der Waals surface area contributed by atoms with E-state index in [0.29, 0.717) is 0 Å². The van der Waals surface area contributed by atoms with Gasteiger partial charge in [-0.15, -0.1) is 5.92 Å². The smallest absolute Gasteiger partial charge is 0.0280 e. The largest absolute Gasteiger partial charge is 0.101 e. The summed E-state index contributed by atoms with van der Waals surface area (Å²) in [5.41, 5.74) is 4.24. The van der Waals surface area contributed by atoms with Gasteiger partial charge in [0.15, 0.2) is 0 Å². The van der Waals surface area contributed by atoms with Crippen molar-refractivity contribution in [2.24, 2.45) is 0 Å². The van der Waals surface area contributed by atoms with Gasteiger partial charge in [-0.25, -0.2) is 0 Å². The highest BCUT2D eigenvalue weighted by Gasteiger charge is 2.19. The van der Waals surface area contributed by atoms with E-state index in [9.17, 15) is 0 Å². The van der Waals surface area contributed by atoms with Gasteiger partial charge in [0.05, 0.1) is 0 Å². The third-order valence-electron chi connectivity index (χ3n) is 2.83. The van der Waals surface area contributed by atoms with Crippen LogP contribution in [0.3, 0.4) is 0 Å². The molecule has 1 aromatic rings. The molecule has 0 saturated heterocycles. The molecule has 0 saturated carbocycles. The van der Waals surface area contributed by atoms with Crippen LogP contribution in [0.25, 0.3) is 0 Å². The van der Waals surface area contributed by atoms with Gasteiger partial charge < -0.3 is 0 Å². The Morgan fingerprint density at radius 3 is 3.00 bits per heavy atom. The molecule has 0 heteroatoms. The normalized spacial score (nSPS) is 19.1. The molecule has 1 aliphatic carbocycles. The topological polar surface area (TPSA) is 0 Å².